The van der Waals surface area contributed by atoms with Crippen molar-refractivity contribution < 1.29 is 19.1 Å². The molecule has 5 nitrogen and oxygen atoms in total. The topological polar surface area (TPSA) is 64.6 Å². The molecule has 4 fully saturated rings. The van der Waals surface area contributed by atoms with Crippen LogP contribution >= 0.6 is 0 Å². The van der Waals surface area contributed by atoms with Gasteiger partial charge in [0.25, 0.3) is 5.91 Å². The van der Waals surface area contributed by atoms with Crippen molar-refractivity contribution in [3.63, 3.8) is 0 Å². The first-order valence-corrected chi connectivity index (χ1v) is 10.2. The van der Waals surface area contributed by atoms with Crippen LogP contribution in [0.25, 0.3) is 0 Å². The number of carbonyl (C=O) groups excluding carboxylic acids is 2. The van der Waals surface area contributed by atoms with Crippen LogP contribution in [0, 0.1) is 24.7 Å². The summed E-state index contributed by atoms with van der Waals surface area (Å²) >= 11 is 0. The number of hydrogen-bond donors (Lipinski definition) is 1. The number of ether oxygens (including phenoxy) is 2. The Morgan fingerprint density at radius 2 is 1.63 bits per heavy atom. The van der Waals surface area contributed by atoms with Crippen molar-refractivity contribution in [3.8, 4) is 5.75 Å². The van der Waals surface area contributed by atoms with Gasteiger partial charge in [0.2, 0.25) is 0 Å². The normalized spacial score (nSPS) is 30.8. The third-order valence-corrected chi connectivity index (χ3v) is 6.40. The van der Waals surface area contributed by atoms with Crippen molar-refractivity contribution in [2.45, 2.75) is 57.4 Å². The van der Waals surface area contributed by atoms with Gasteiger partial charge in [-0.1, -0.05) is 17.7 Å². The molecule has 4 saturated carbocycles. The molecule has 146 valence electrons. The Morgan fingerprint density at radius 3 is 2.22 bits per heavy atom. The molecule has 5 heteroatoms. The average Bonchev–Trinajstić information content (AvgIpc) is 2.60. The maximum absolute atomic E-state index is 12.3. The molecule has 0 aliphatic heterocycles. The predicted octanol–water partition coefficient (Wildman–Crippen LogP) is 3.39. The zero-order valence-electron chi connectivity index (χ0n) is 16.0. The van der Waals surface area contributed by atoms with Gasteiger partial charge in [-0.15, -0.1) is 0 Å². The summed E-state index contributed by atoms with van der Waals surface area (Å²) < 4.78 is 10.7. The first kappa shape index (κ1) is 18.3. The molecule has 4 bridgehead atoms. The number of hydrogen-bond acceptors (Lipinski definition) is 4. The number of benzene rings is 1. The van der Waals surface area contributed by atoms with Crippen LogP contribution in [-0.4, -0.2) is 30.6 Å². The van der Waals surface area contributed by atoms with Crippen LogP contribution in [-0.2, 0) is 14.3 Å². The number of carbonyl (C=O) groups is 2. The van der Waals surface area contributed by atoms with Crippen LogP contribution in [0.15, 0.2) is 24.3 Å². The lowest BCUT2D eigenvalue weighted by Gasteiger charge is -2.56. The van der Waals surface area contributed by atoms with E-state index in [4.69, 9.17) is 9.47 Å². The van der Waals surface area contributed by atoms with Crippen molar-refractivity contribution >= 4 is 11.9 Å². The Morgan fingerprint density at radius 1 is 1.04 bits per heavy atom. The summed E-state index contributed by atoms with van der Waals surface area (Å²) in [4.78, 5) is 24.2. The van der Waals surface area contributed by atoms with E-state index in [1.165, 1.54) is 19.3 Å². The SMILES string of the molecule is Cc1ccc(OCCC(=O)OCC(=O)NC23CC4CC(CC(C4)C2)C3)cc1. The lowest BCUT2D eigenvalue weighted by atomic mass is 9.53. The summed E-state index contributed by atoms with van der Waals surface area (Å²) in [6.45, 7) is 2.07. The van der Waals surface area contributed by atoms with Crippen LogP contribution in [0.2, 0.25) is 0 Å². The zero-order valence-corrected chi connectivity index (χ0v) is 16.0. The van der Waals surface area contributed by atoms with Crippen molar-refractivity contribution in [3.05, 3.63) is 29.8 Å². The third-order valence-electron chi connectivity index (χ3n) is 6.40. The van der Waals surface area contributed by atoms with E-state index >= 15 is 0 Å². The van der Waals surface area contributed by atoms with Gasteiger partial charge < -0.3 is 14.8 Å². The van der Waals surface area contributed by atoms with Gasteiger partial charge in [-0.2, -0.15) is 0 Å². The number of esters is 1. The number of nitrogens with one attached hydrogen (secondary N) is 1. The second-order valence-electron chi connectivity index (χ2n) is 8.82. The van der Waals surface area contributed by atoms with Crippen LogP contribution in [0.4, 0.5) is 0 Å². The van der Waals surface area contributed by atoms with E-state index in [2.05, 4.69) is 5.32 Å². The second-order valence-corrected chi connectivity index (χ2v) is 8.82. The molecule has 0 saturated heterocycles. The molecule has 0 heterocycles. The fraction of sp³-hybridized carbons (Fsp3) is 0.636. The van der Waals surface area contributed by atoms with Gasteiger partial charge in [-0.3, -0.25) is 9.59 Å². The molecular weight excluding hydrogens is 342 g/mol. The Balaban J connectivity index is 1.17. The summed E-state index contributed by atoms with van der Waals surface area (Å²) in [5, 5.41) is 3.22. The molecule has 1 amide bonds. The second kappa shape index (κ2) is 7.53. The first-order chi connectivity index (χ1) is 13.0. The highest BCUT2D eigenvalue weighted by molar-refractivity contribution is 5.81. The maximum atomic E-state index is 12.3. The largest absolute Gasteiger partial charge is 0.493 e. The average molecular weight is 371 g/mol. The van der Waals surface area contributed by atoms with E-state index < -0.39 is 5.97 Å². The number of amides is 1. The monoisotopic (exact) mass is 371 g/mol. The molecule has 0 aromatic heterocycles. The molecular formula is C22H29NO4. The molecule has 1 aromatic carbocycles. The first-order valence-electron chi connectivity index (χ1n) is 10.2. The molecule has 4 aliphatic carbocycles. The summed E-state index contributed by atoms with van der Waals surface area (Å²) in [5.74, 6) is 2.49. The van der Waals surface area contributed by atoms with Crippen LogP contribution < -0.4 is 10.1 Å². The molecule has 27 heavy (non-hydrogen) atoms. The molecule has 0 radical (unpaired) electrons. The minimum Gasteiger partial charge on any atom is -0.493 e. The predicted molar refractivity (Wildman–Crippen MR) is 101 cm³/mol. The Kier molecular flexibility index (Phi) is 5.11. The fourth-order valence-corrected chi connectivity index (χ4v) is 5.70. The van der Waals surface area contributed by atoms with E-state index in [1.54, 1.807) is 0 Å². The molecule has 1 N–H and O–H groups in total. The molecule has 0 atom stereocenters. The van der Waals surface area contributed by atoms with Gasteiger partial charge in [-0.25, -0.2) is 0 Å². The standard InChI is InChI=1S/C22H29NO4/c1-15-2-4-19(5-3-15)26-7-6-21(25)27-14-20(24)23-22-11-16-8-17(12-22)10-18(9-16)13-22/h2-5,16-18H,6-14H2,1H3,(H,23,24). The van der Waals surface area contributed by atoms with E-state index in [-0.39, 0.29) is 31.1 Å². The Bertz CT molecular complexity index is 661. The van der Waals surface area contributed by atoms with Gasteiger partial charge in [0.15, 0.2) is 6.61 Å². The van der Waals surface area contributed by atoms with Gasteiger partial charge in [-0.05, 0) is 75.3 Å². The van der Waals surface area contributed by atoms with E-state index in [0.717, 1.165) is 48.3 Å². The molecule has 0 unspecified atom stereocenters. The van der Waals surface area contributed by atoms with Gasteiger partial charge >= 0.3 is 5.97 Å². The minimum absolute atomic E-state index is 0.0349. The number of aryl methyl sites for hydroxylation is 1. The summed E-state index contributed by atoms with van der Waals surface area (Å²) in [6.07, 6.45) is 7.45. The molecule has 1 aromatic rings. The Hall–Kier alpha value is -2.04. The third kappa shape index (κ3) is 4.45. The van der Waals surface area contributed by atoms with Gasteiger partial charge in [0.1, 0.15) is 5.75 Å². The van der Waals surface area contributed by atoms with Crippen molar-refractivity contribution in [2.75, 3.05) is 13.2 Å². The van der Waals surface area contributed by atoms with Crippen molar-refractivity contribution in [1.29, 1.82) is 0 Å². The molecule has 4 aliphatic rings. The summed E-state index contributed by atoms with van der Waals surface area (Å²) in [7, 11) is 0. The number of rotatable bonds is 7. The summed E-state index contributed by atoms with van der Waals surface area (Å²) in [5.41, 5.74) is 1.12. The quantitative estimate of drug-likeness (QED) is 0.746. The highest BCUT2D eigenvalue weighted by atomic mass is 16.5. The van der Waals surface area contributed by atoms with Gasteiger partial charge in [0.05, 0.1) is 13.0 Å². The molecule has 0 spiro atoms. The van der Waals surface area contributed by atoms with Gasteiger partial charge in [0, 0.05) is 5.54 Å². The Labute approximate surface area is 160 Å². The highest BCUT2D eigenvalue weighted by Gasteiger charge is 2.51. The fourth-order valence-electron chi connectivity index (χ4n) is 5.70. The van der Waals surface area contributed by atoms with Crippen molar-refractivity contribution in [1.82, 2.24) is 5.32 Å². The minimum atomic E-state index is -0.400. The molecule has 5 rings (SSSR count). The van der Waals surface area contributed by atoms with Crippen LogP contribution in [0.3, 0.4) is 0 Å². The smallest absolute Gasteiger partial charge is 0.309 e. The van der Waals surface area contributed by atoms with Crippen LogP contribution in [0.5, 0.6) is 5.75 Å². The maximum Gasteiger partial charge on any atom is 0.309 e. The van der Waals surface area contributed by atoms with E-state index in [9.17, 15) is 9.59 Å². The summed E-state index contributed by atoms with van der Waals surface area (Å²) in [6, 6.07) is 7.67. The van der Waals surface area contributed by atoms with E-state index in [1.807, 2.05) is 31.2 Å². The lowest BCUT2D eigenvalue weighted by Crippen LogP contribution is -2.60. The van der Waals surface area contributed by atoms with Crippen molar-refractivity contribution in [2.24, 2.45) is 17.8 Å². The zero-order chi connectivity index (χ0) is 18.9. The lowest BCUT2D eigenvalue weighted by molar-refractivity contribution is -0.150. The van der Waals surface area contributed by atoms with Crippen LogP contribution in [0.1, 0.15) is 50.5 Å². The highest BCUT2D eigenvalue weighted by Crippen LogP contribution is 2.55. The van der Waals surface area contributed by atoms with E-state index in [0.29, 0.717) is 0 Å².